The minimum atomic E-state index is -3.94. The lowest BCUT2D eigenvalue weighted by Gasteiger charge is -2.14. The number of rotatable bonds is 22. The summed E-state index contributed by atoms with van der Waals surface area (Å²) in [4.78, 5) is 0. The third-order valence-electron chi connectivity index (χ3n) is 5.95. The molecule has 4 nitrogen and oxygen atoms in total. The topological polar surface area (TPSA) is 74.6 Å². The minimum Gasteiger partial charge on any atom is -0.393 e. The first-order chi connectivity index (χ1) is 13.9. The summed E-state index contributed by atoms with van der Waals surface area (Å²) >= 11 is 0. The van der Waals surface area contributed by atoms with Crippen molar-refractivity contribution in [2.45, 2.75) is 154 Å². The molecule has 0 aliphatic carbocycles. The molecule has 0 aliphatic rings. The van der Waals surface area contributed by atoms with Crippen LogP contribution in [0.4, 0.5) is 0 Å². The van der Waals surface area contributed by atoms with Gasteiger partial charge in [-0.25, -0.2) is 0 Å². The van der Waals surface area contributed by atoms with Gasteiger partial charge in [0.1, 0.15) is 0 Å². The van der Waals surface area contributed by atoms with Gasteiger partial charge in [-0.1, -0.05) is 116 Å². The van der Waals surface area contributed by atoms with Gasteiger partial charge in [-0.15, -0.1) is 0 Å². The molecule has 0 aromatic heterocycles. The van der Waals surface area contributed by atoms with Crippen molar-refractivity contribution < 1.29 is 18.1 Å². The standard InChI is InChI=1S/C24H50O4S/c1-3-4-5-6-7-8-9-10-11-12-13-14-15-18-21-24(29(26,27)28)22-19-16-17-20-23(2)25/h23-25H,3-22H2,1-2H3,(H,26,27,28). The van der Waals surface area contributed by atoms with Crippen LogP contribution in [0.15, 0.2) is 0 Å². The first-order valence-electron chi connectivity index (χ1n) is 12.5. The number of aliphatic hydroxyl groups excluding tert-OH is 1. The molecule has 0 saturated heterocycles. The number of hydrogen-bond acceptors (Lipinski definition) is 3. The van der Waals surface area contributed by atoms with E-state index in [9.17, 15) is 18.1 Å². The fourth-order valence-electron chi connectivity index (χ4n) is 4.00. The molecular formula is C24H50O4S. The summed E-state index contributed by atoms with van der Waals surface area (Å²) in [7, 11) is -3.94. The van der Waals surface area contributed by atoms with Gasteiger partial charge in [-0.05, 0) is 26.2 Å². The SMILES string of the molecule is CCCCCCCCCCCCCCCCC(CCCCCC(C)O)S(=O)(=O)O. The molecule has 0 aromatic rings. The van der Waals surface area contributed by atoms with Crippen LogP contribution < -0.4 is 0 Å². The summed E-state index contributed by atoms with van der Waals surface area (Å²) in [5.74, 6) is 0. The molecular weight excluding hydrogens is 384 g/mol. The Labute approximate surface area is 182 Å². The molecule has 0 aliphatic heterocycles. The molecule has 0 rings (SSSR count). The van der Waals surface area contributed by atoms with E-state index in [2.05, 4.69) is 6.92 Å². The largest absolute Gasteiger partial charge is 0.393 e. The Morgan fingerprint density at radius 1 is 0.586 bits per heavy atom. The summed E-state index contributed by atoms with van der Waals surface area (Å²) in [5, 5.41) is 8.64. The van der Waals surface area contributed by atoms with Crippen molar-refractivity contribution in [2.24, 2.45) is 0 Å². The molecule has 0 fully saturated rings. The molecule has 0 bridgehead atoms. The highest BCUT2D eigenvalue weighted by Gasteiger charge is 2.21. The predicted octanol–water partition coefficient (Wildman–Crippen LogP) is 7.45. The first kappa shape index (κ1) is 28.9. The van der Waals surface area contributed by atoms with E-state index in [1.807, 2.05) is 0 Å². The molecule has 2 atom stereocenters. The molecule has 2 N–H and O–H groups in total. The zero-order valence-corrected chi connectivity index (χ0v) is 20.2. The van der Waals surface area contributed by atoms with Crippen LogP contribution in [-0.2, 0) is 10.1 Å². The quantitative estimate of drug-likeness (QED) is 0.137. The van der Waals surface area contributed by atoms with Crippen LogP contribution in [-0.4, -0.2) is 29.4 Å². The van der Waals surface area contributed by atoms with Crippen LogP contribution in [0.1, 0.15) is 142 Å². The van der Waals surface area contributed by atoms with E-state index in [-0.39, 0.29) is 6.10 Å². The Morgan fingerprint density at radius 3 is 1.24 bits per heavy atom. The van der Waals surface area contributed by atoms with Crippen molar-refractivity contribution >= 4 is 10.1 Å². The van der Waals surface area contributed by atoms with Gasteiger partial charge in [0.05, 0.1) is 11.4 Å². The van der Waals surface area contributed by atoms with Gasteiger partial charge < -0.3 is 5.11 Å². The van der Waals surface area contributed by atoms with Crippen LogP contribution in [0.5, 0.6) is 0 Å². The van der Waals surface area contributed by atoms with Gasteiger partial charge in [-0.2, -0.15) is 8.42 Å². The third-order valence-corrected chi connectivity index (χ3v) is 7.26. The van der Waals surface area contributed by atoms with E-state index in [0.717, 1.165) is 38.5 Å². The minimum absolute atomic E-state index is 0.289. The summed E-state index contributed by atoms with van der Waals surface area (Å²) in [5.41, 5.74) is 0. The van der Waals surface area contributed by atoms with Crippen molar-refractivity contribution in [2.75, 3.05) is 0 Å². The summed E-state index contributed by atoms with van der Waals surface area (Å²) in [6.45, 7) is 4.03. The predicted molar refractivity (Wildman–Crippen MR) is 125 cm³/mol. The Balaban J connectivity index is 3.56. The monoisotopic (exact) mass is 434 g/mol. The fourth-order valence-corrected chi connectivity index (χ4v) is 4.93. The van der Waals surface area contributed by atoms with E-state index in [1.165, 1.54) is 77.0 Å². The maximum absolute atomic E-state index is 11.6. The van der Waals surface area contributed by atoms with Gasteiger partial charge >= 0.3 is 0 Å². The molecule has 0 saturated carbocycles. The van der Waals surface area contributed by atoms with Gasteiger partial charge in [-0.3, -0.25) is 4.55 Å². The Kier molecular flexibility index (Phi) is 19.7. The van der Waals surface area contributed by atoms with Crippen LogP contribution in [0.25, 0.3) is 0 Å². The molecule has 176 valence electrons. The van der Waals surface area contributed by atoms with E-state index in [0.29, 0.717) is 12.8 Å². The molecule has 0 aromatic carbocycles. The van der Waals surface area contributed by atoms with Crippen LogP contribution in [0.2, 0.25) is 0 Å². The van der Waals surface area contributed by atoms with Crippen molar-refractivity contribution in [3.05, 3.63) is 0 Å². The Morgan fingerprint density at radius 2 is 0.897 bits per heavy atom. The molecule has 0 amide bonds. The van der Waals surface area contributed by atoms with Crippen molar-refractivity contribution in [3.63, 3.8) is 0 Å². The number of aliphatic hydroxyl groups is 1. The molecule has 0 spiro atoms. The average Bonchev–Trinajstić information content (AvgIpc) is 2.65. The van der Waals surface area contributed by atoms with Crippen molar-refractivity contribution in [1.29, 1.82) is 0 Å². The zero-order valence-electron chi connectivity index (χ0n) is 19.4. The lowest BCUT2D eigenvalue weighted by atomic mass is 10.0. The lowest BCUT2D eigenvalue weighted by molar-refractivity contribution is 0.180. The smallest absolute Gasteiger partial charge is 0.267 e. The molecule has 5 heteroatoms. The van der Waals surface area contributed by atoms with Gasteiger partial charge in [0.2, 0.25) is 0 Å². The summed E-state index contributed by atoms with van der Waals surface area (Å²) in [6.07, 6.45) is 22.2. The normalized spacial score (nSPS) is 14.2. The highest BCUT2D eigenvalue weighted by atomic mass is 32.2. The Hall–Kier alpha value is -0.130. The Bertz CT molecular complexity index is 434. The zero-order chi connectivity index (χ0) is 21.8. The number of unbranched alkanes of at least 4 members (excludes halogenated alkanes) is 15. The van der Waals surface area contributed by atoms with Crippen LogP contribution >= 0.6 is 0 Å². The molecule has 29 heavy (non-hydrogen) atoms. The van der Waals surface area contributed by atoms with Gasteiger partial charge in [0.15, 0.2) is 0 Å². The summed E-state index contributed by atoms with van der Waals surface area (Å²) < 4.78 is 32.6. The van der Waals surface area contributed by atoms with Gasteiger partial charge in [0.25, 0.3) is 10.1 Å². The highest BCUT2D eigenvalue weighted by Crippen LogP contribution is 2.19. The fraction of sp³-hybridized carbons (Fsp3) is 1.00. The van der Waals surface area contributed by atoms with Gasteiger partial charge in [0, 0.05) is 0 Å². The van der Waals surface area contributed by atoms with Crippen molar-refractivity contribution in [1.82, 2.24) is 0 Å². The second-order valence-electron chi connectivity index (χ2n) is 9.01. The second-order valence-corrected chi connectivity index (χ2v) is 10.7. The molecule has 0 heterocycles. The van der Waals surface area contributed by atoms with E-state index in [4.69, 9.17) is 0 Å². The lowest BCUT2D eigenvalue weighted by Crippen LogP contribution is -2.20. The van der Waals surface area contributed by atoms with E-state index >= 15 is 0 Å². The first-order valence-corrected chi connectivity index (χ1v) is 14.0. The average molecular weight is 435 g/mol. The van der Waals surface area contributed by atoms with E-state index < -0.39 is 15.4 Å². The van der Waals surface area contributed by atoms with E-state index in [1.54, 1.807) is 6.92 Å². The summed E-state index contributed by atoms with van der Waals surface area (Å²) in [6, 6.07) is 0. The third kappa shape index (κ3) is 20.9. The van der Waals surface area contributed by atoms with Crippen LogP contribution in [0, 0.1) is 0 Å². The van der Waals surface area contributed by atoms with Crippen molar-refractivity contribution in [3.8, 4) is 0 Å². The molecule has 2 unspecified atom stereocenters. The maximum atomic E-state index is 11.6. The highest BCUT2D eigenvalue weighted by molar-refractivity contribution is 7.86. The molecule has 0 radical (unpaired) electrons. The number of hydrogen-bond donors (Lipinski definition) is 2. The maximum Gasteiger partial charge on any atom is 0.267 e. The van der Waals surface area contributed by atoms with Crippen LogP contribution in [0.3, 0.4) is 0 Å². The second kappa shape index (κ2) is 19.8.